The fourth-order valence-corrected chi connectivity index (χ4v) is 3.55. The molecule has 0 saturated carbocycles. The summed E-state index contributed by atoms with van der Waals surface area (Å²) >= 11 is 0. The zero-order valence-electron chi connectivity index (χ0n) is 14.3. The number of urea groups is 1. The standard InChI is InChI=1S/C17H24N2O4S/c1-17(2,11-13-7-5-4-6-8-13)12-19-15(20)14(18-16(19)21)9-10-24(3,22)23/h4-8,14H,9-12H2,1-3H3,(H,18,21)/t14-/m0/s1. The molecule has 1 aliphatic rings. The summed E-state index contributed by atoms with van der Waals surface area (Å²) in [5, 5.41) is 2.59. The van der Waals surface area contributed by atoms with Gasteiger partial charge in [0, 0.05) is 12.8 Å². The Morgan fingerprint density at radius 2 is 1.79 bits per heavy atom. The van der Waals surface area contributed by atoms with E-state index >= 15 is 0 Å². The Hall–Kier alpha value is -1.89. The third-order valence-corrected chi connectivity index (χ3v) is 4.97. The predicted molar refractivity (Wildman–Crippen MR) is 92.3 cm³/mol. The summed E-state index contributed by atoms with van der Waals surface area (Å²) in [6, 6.07) is 8.70. The lowest BCUT2D eigenvalue weighted by Crippen LogP contribution is -2.40. The van der Waals surface area contributed by atoms with Crippen LogP contribution >= 0.6 is 0 Å². The highest BCUT2D eigenvalue weighted by molar-refractivity contribution is 7.90. The van der Waals surface area contributed by atoms with Crippen molar-refractivity contribution in [3.8, 4) is 0 Å². The van der Waals surface area contributed by atoms with Crippen molar-refractivity contribution in [2.45, 2.75) is 32.7 Å². The Morgan fingerprint density at radius 3 is 2.38 bits per heavy atom. The minimum absolute atomic E-state index is 0.110. The number of hydrogen-bond donors (Lipinski definition) is 1. The molecular weight excluding hydrogens is 328 g/mol. The second-order valence-electron chi connectivity index (χ2n) is 7.17. The maximum Gasteiger partial charge on any atom is 0.324 e. The lowest BCUT2D eigenvalue weighted by Gasteiger charge is -2.28. The SMILES string of the molecule is CC(C)(Cc1ccccc1)CN1C(=O)N[C@@H](CCS(C)(=O)=O)C1=O. The molecule has 1 aliphatic heterocycles. The van der Waals surface area contributed by atoms with Gasteiger partial charge in [0.1, 0.15) is 15.9 Å². The Balaban J connectivity index is 2.01. The second-order valence-corrected chi connectivity index (χ2v) is 9.43. The number of carbonyl (C=O) groups excluding carboxylic acids is 2. The second kappa shape index (κ2) is 6.93. The van der Waals surface area contributed by atoms with E-state index < -0.39 is 21.9 Å². The van der Waals surface area contributed by atoms with Crippen molar-refractivity contribution in [1.29, 1.82) is 0 Å². The van der Waals surface area contributed by atoms with E-state index in [0.29, 0.717) is 6.54 Å². The molecule has 132 valence electrons. The first kappa shape index (κ1) is 18.4. The number of rotatable bonds is 7. The van der Waals surface area contributed by atoms with Gasteiger partial charge in [0.25, 0.3) is 5.91 Å². The molecule has 1 aromatic carbocycles. The molecule has 1 heterocycles. The van der Waals surface area contributed by atoms with E-state index in [9.17, 15) is 18.0 Å². The smallest absolute Gasteiger partial charge is 0.324 e. The summed E-state index contributed by atoms with van der Waals surface area (Å²) in [5.41, 5.74) is 0.864. The van der Waals surface area contributed by atoms with Crippen LogP contribution in [0.3, 0.4) is 0 Å². The summed E-state index contributed by atoms with van der Waals surface area (Å²) in [4.78, 5) is 25.7. The zero-order valence-corrected chi connectivity index (χ0v) is 15.1. The zero-order chi connectivity index (χ0) is 18.0. The van der Waals surface area contributed by atoms with Gasteiger partial charge in [0.05, 0.1) is 5.75 Å². The topological polar surface area (TPSA) is 83.6 Å². The van der Waals surface area contributed by atoms with Crippen molar-refractivity contribution in [1.82, 2.24) is 10.2 Å². The van der Waals surface area contributed by atoms with Crippen LogP contribution in [0.2, 0.25) is 0 Å². The van der Waals surface area contributed by atoms with Crippen LogP contribution in [0.1, 0.15) is 25.8 Å². The van der Waals surface area contributed by atoms with Gasteiger partial charge in [-0.25, -0.2) is 13.2 Å². The van der Waals surface area contributed by atoms with Crippen molar-refractivity contribution in [3.05, 3.63) is 35.9 Å². The van der Waals surface area contributed by atoms with Crippen molar-refractivity contribution < 1.29 is 18.0 Å². The number of amides is 3. The van der Waals surface area contributed by atoms with Crippen LogP contribution < -0.4 is 5.32 Å². The molecule has 1 N–H and O–H groups in total. The van der Waals surface area contributed by atoms with Gasteiger partial charge in [-0.15, -0.1) is 0 Å². The van der Waals surface area contributed by atoms with Crippen molar-refractivity contribution in [2.75, 3.05) is 18.6 Å². The average molecular weight is 352 g/mol. The first-order valence-corrected chi connectivity index (χ1v) is 9.97. The summed E-state index contributed by atoms with van der Waals surface area (Å²) in [7, 11) is -3.17. The lowest BCUT2D eigenvalue weighted by molar-refractivity contribution is -0.128. The van der Waals surface area contributed by atoms with Gasteiger partial charge in [-0.1, -0.05) is 44.2 Å². The Bertz CT molecular complexity index is 713. The normalized spacial score (nSPS) is 18.8. The Labute approximate surface area is 143 Å². The van der Waals surface area contributed by atoms with E-state index in [-0.39, 0.29) is 23.5 Å². The molecule has 0 radical (unpaired) electrons. The molecule has 7 heteroatoms. The molecule has 1 atom stereocenters. The first-order valence-electron chi connectivity index (χ1n) is 7.91. The fourth-order valence-electron chi connectivity index (χ4n) is 2.89. The van der Waals surface area contributed by atoms with Crippen LogP contribution in [0.15, 0.2) is 30.3 Å². The molecule has 1 aromatic rings. The summed E-state index contributed by atoms with van der Waals surface area (Å²) in [6.45, 7) is 4.30. The van der Waals surface area contributed by atoms with Gasteiger partial charge in [0.15, 0.2) is 0 Å². The molecule has 0 bridgehead atoms. The van der Waals surface area contributed by atoms with Crippen molar-refractivity contribution in [2.24, 2.45) is 5.41 Å². The number of carbonyl (C=O) groups is 2. The predicted octanol–water partition coefficient (Wildman–Crippen LogP) is 1.61. The van der Waals surface area contributed by atoms with Gasteiger partial charge in [-0.3, -0.25) is 9.69 Å². The molecule has 2 rings (SSSR count). The van der Waals surface area contributed by atoms with Crippen LogP contribution in [-0.4, -0.2) is 49.9 Å². The van der Waals surface area contributed by atoms with Crippen LogP contribution in [0.4, 0.5) is 4.79 Å². The molecule has 0 aromatic heterocycles. The minimum Gasteiger partial charge on any atom is -0.326 e. The third kappa shape index (κ3) is 5.06. The molecule has 3 amide bonds. The fraction of sp³-hybridized carbons (Fsp3) is 0.529. The van der Waals surface area contributed by atoms with Gasteiger partial charge in [0.2, 0.25) is 0 Å². The maximum absolute atomic E-state index is 12.4. The van der Waals surface area contributed by atoms with E-state index in [2.05, 4.69) is 5.32 Å². The highest BCUT2D eigenvalue weighted by Crippen LogP contribution is 2.25. The van der Waals surface area contributed by atoms with Crippen molar-refractivity contribution >= 4 is 21.8 Å². The van der Waals surface area contributed by atoms with Gasteiger partial charge in [-0.05, 0) is 23.8 Å². The number of benzene rings is 1. The van der Waals surface area contributed by atoms with E-state index in [1.807, 2.05) is 44.2 Å². The van der Waals surface area contributed by atoms with Crippen LogP contribution in [0, 0.1) is 5.41 Å². The molecule has 24 heavy (non-hydrogen) atoms. The van der Waals surface area contributed by atoms with Gasteiger partial charge in [-0.2, -0.15) is 0 Å². The molecule has 0 spiro atoms. The number of hydrogen-bond acceptors (Lipinski definition) is 4. The largest absolute Gasteiger partial charge is 0.326 e. The van der Waals surface area contributed by atoms with Gasteiger partial charge < -0.3 is 5.32 Å². The molecule has 0 unspecified atom stereocenters. The number of sulfone groups is 1. The number of nitrogens with zero attached hydrogens (tertiary/aromatic N) is 1. The molecule has 1 fully saturated rings. The number of imide groups is 1. The summed E-state index contributed by atoms with van der Waals surface area (Å²) < 4.78 is 22.5. The molecular formula is C17H24N2O4S. The minimum atomic E-state index is -3.17. The van der Waals surface area contributed by atoms with E-state index in [1.54, 1.807) is 0 Å². The first-order chi connectivity index (χ1) is 11.1. The van der Waals surface area contributed by atoms with Gasteiger partial charge >= 0.3 is 6.03 Å². The Kier molecular flexibility index (Phi) is 5.32. The quantitative estimate of drug-likeness (QED) is 0.756. The molecule has 0 aliphatic carbocycles. The average Bonchev–Trinajstić information content (AvgIpc) is 2.72. The van der Waals surface area contributed by atoms with Crippen LogP contribution in [0.25, 0.3) is 0 Å². The maximum atomic E-state index is 12.4. The molecule has 6 nitrogen and oxygen atoms in total. The van der Waals surface area contributed by atoms with Crippen LogP contribution in [-0.2, 0) is 21.1 Å². The van der Waals surface area contributed by atoms with Crippen LogP contribution in [0.5, 0.6) is 0 Å². The third-order valence-electron chi connectivity index (χ3n) is 4.00. The highest BCUT2D eigenvalue weighted by Gasteiger charge is 2.40. The Morgan fingerprint density at radius 1 is 1.17 bits per heavy atom. The van der Waals surface area contributed by atoms with Crippen molar-refractivity contribution in [3.63, 3.8) is 0 Å². The summed E-state index contributed by atoms with van der Waals surface area (Å²) in [6.07, 6.45) is 1.97. The lowest BCUT2D eigenvalue weighted by atomic mass is 9.85. The van der Waals surface area contributed by atoms with E-state index in [0.717, 1.165) is 18.2 Å². The highest BCUT2D eigenvalue weighted by atomic mass is 32.2. The van der Waals surface area contributed by atoms with E-state index in [4.69, 9.17) is 0 Å². The van der Waals surface area contributed by atoms with E-state index in [1.165, 1.54) is 4.90 Å². The summed E-state index contributed by atoms with van der Waals surface area (Å²) in [5.74, 6) is -0.463. The molecule has 1 saturated heterocycles. The monoisotopic (exact) mass is 352 g/mol. The number of nitrogens with one attached hydrogen (secondary N) is 1.